The molecule has 0 unspecified atom stereocenters. The molecule has 3 N–H and O–H groups in total. The average molecular weight is 686 g/mol. The highest BCUT2D eigenvalue weighted by Gasteiger charge is 2.68. The summed E-state index contributed by atoms with van der Waals surface area (Å²) in [4.78, 5) is 41.3. The molecule has 5 fully saturated rings. The SMILES string of the molecule is CC(C)(C)OC(=O)N[C@@H](CCc1ccccc1)C(=O)N[C@@H](Cc1ccccc1)C(=O)N[C@@H](CC1CCC1)B1O[C@@H]2C[C@@H]3C[C@@H](C3(C)C)[C@]2(C)O1. The van der Waals surface area contributed by atoms with Crippen molar-refractivity contribution in [2.75, 3.05) is 0 Å². The number of nitrogens with one attached hydrogen (secondary N) is 3. The lowest BCUT2D eigenvalue weighted by Crippen LogP contribution is -2.65. The minimum absolute atomic E-state index is 0.00851. The Morgan fingerprint density at radius 1 is 0.880 bits per heavy atom. The molecular weight excluding hydrogens is 629 g/mol. The molecule has 3 amide bonds. The number of rotatable bonds is 13. The third-order valence-corrected chi connectivity index (χ3v) is 11.9. The number of aryl methyl sites for hydroxylation is 1. The highest BCUT2D eigenvalue weighted by molar-refractivity contribution is 6.48. The maximum absolute atomic E-state index is 14.4. The van der Waals surface area contributed by atoms with Crippen LogP contribution in [0.1, 0.15) is 97.6 Å². The van der Waals surface area contributed by atoms with Crippen LogP contribution in [0.4, 0.5) is 4.79 Å². The Balaban J connectivity index is 1.20. The Labute approximate surface area is 298 Å². The van der Waals surface area contributed by atoms with Crippen molar-refractivity contribution < 1.29 is 28.4 Å². The van der Waals surface area contributed by atoms with E-state index >= 15 is 0 Å². The summed E-state index contributed by atoms with van der Waals surface area (Å²) in [5, 5.41) is 9.12. The quantitative estimate of drug-likeness (QED) is 0.217. The van der Waals surface area contributed by atoms with Crippen LogP contribution < -0.4 is 16.0 Å². The minimum Gasteiger partial charge on any atom is -0.444 e. The summed E-state index contributed by atoms with van der Waals surface area (Å²) in [5.74, 6) is 0.464. The Bertz CT molecular complexity index is 1500. The van der Waals surface area contributed by atoms with Crippen molar-refractivity contribution in [1.29, 1.82) is 0 Å². The van der Waals surface area contributed by atoms with E-state index in [0.29, 0.717) is 30.6 Å². The van der Waals surface area contributed by atoms with Gasteiger partial charge in [0, 0.05) is 6.42 Å². The number of amides is 3. The maximum Gasteiger partial charge on any atom is 0.481 e. The van der Waals surface area contributed by atoms with Gasteiger partial charge in [-0.05, 0) is 94.1 Å². The van der Waals surface area contributed by atoms with Gasteiger partial charge in [0.15, 0.2) is 0 Å². The molecule has 270 valence electrons. The molecule has 4 aliphatic carbocycles. The van der Waals surface area contributed by atoms with Crippen LogP contribution in [-0.4, -0.2) is 60.4 Å². The number of carbonyl (C=O) groups is 3. The highest BCUT2D eigenvalue weighted by atomic mass is 16.7. The largest absolute Gasteiger partial charge is 0.481 e. The lowest BCUT2D eigenvalue weighted by atomic mass is 9.43. The summed E-state index contributed by atoms with van der Waals surface area (Å²) >= 11 is 0. The van der Waals surface area contributed by atoms with Crippen LogP contribution in [0.2, 0.25) is 0 Å². The summed E-state index contributed by atoms with van der Waals surface area (Å²) in [6.07, 6.45) is 6.85. The maximum atomic E-state index is 14.4. The molecule has 0 aromatic heterocycles. The van der Waals surface area contributed by atoms with Crippen LogP contribution in [-0.2, 0) is 36.5 Å². The van der Waals surface area contributed by atoms with Crippen LogP contribution in [0.5, 0.6) is 0 Å². The van der Waals surface area contributed by atoms with Crippen molar-refractivity contribution >= 4 is 25.0 Å². The number of ether oxygens (including phenoxy) is 1. The fraction of sp³-hybridized carbons (Fsp3) is 0.625. The zero-order valence-electron chi connectivity index (χ0n) is 30.7. The third-order valence-electron chi connectivity index (χ3n) is 11.9. The van der Waals surface area contributed by atoms with E-state index in [4.69, 9.17) is 14.0 Å². The van der Waals surface area contributed by atoms with Gasteiger partial charge in [-0.2, -0.15) is 0 Å². The Morgan fingerprint density at radius 2 is 1.52 bits per heavy atom. The lowest BCUT2D eigenvalue weighted by molar-refractivity contribution is -0.199. The molecule has 7 atom stereocenters. The molecule has 50 heavy (non-hydrogen) atoms. The Kier molecular flexibility index (Phi) is 10.7. The number of hydrogen-bond acceptors (Lipinski definition) is 6. The van der Waals surface area contributed by atoms with Crippen molar-refractivity contribution in [2.24, 2.45) is 23.2 Å². The molecule has 4 saturated carbocycles. The lowest BCUT2D eigenvalue weighted by Gasteiger charge is -2.64. The normalized spacial score (nSPS) is 27.1. The summed E-state index contributed by atoms with van der Waals surface area (Å²) in [5.41, 5.74) is 1.05. The second-order valence-electron chi connectivity index (χ2n) is 17.0. The average Bonchev–Trinajstić information content (AvgIpc) is 3.41. The summed E-state index contributed by atoms with van der Waals surface area (Å²) in [6.45, 7) is 12.2. The van der Waals surface area contributed by atoms with E-state index in [1.807, 2.05) is 60.7 Å². The molecule has 7 rings (SSSR count). The van der Waals surface area contributed by atoms with Gasteiger partial charge in [0.05, 0.1) is 17.6 Å². The standard InChI is InChI=1S/C40H56BN3O6/c1-38(2,3)48-37(47)43-30(21-20-26-14-9-7-10-15-26)35(45)42-31(22-27-16-11-8-12-17-27)36(46)44-34(23-28-18-13-19-28)41-49-33-25-29-24-32(39(29,4)5)40(33,6)50-41/h7-12,14-17,28-34H,13,18-25H2,1-6H3,(H,42,45)(H,43,47)(H,44,46)/t29-,30-,31-,32-,33+,34-,40-/m0/s1. The molecule has 0 spiro atoms. The molecule has 2 bridgehead atoms. The van der Waals surface area contributed by atoms with Crippen LogP contribution in [0, 0.1) is 23.2 Å². The van der Waals surface area contributed by atoms with Gasteiger partial charge in [-0.25, -0.2) is 4.79 Å². The van der Waals surface area contributed by atoms with Gasteiger partial charge in [-0.15, -0.1) is 0 Å². The summed E-state index contributed by atoms with van der Waals surface area (Å²) in [7, 11) is -0.551. The molecule has 0 radical (unpaired) electrons. The van der Waals surface area contributed by atoms with Gasteiger partial charge in [-0.1, -0.05) is 93.8 Å². The first-order valence-electron chi connectivity index (χ1n) is 18.7. The third kappa shape index (κ3) is 8.23. The first-order valence-corrected chi connectivity index (χ1v) is 18.7. The highest BCUT2D eigenvalue weighted by Crippen LogP contribution is 2.65. The zero-order chi connectivity index (χ0) is 35.7. The van der Waals surface area contributed by atoms with E-state index in [2.05, 4.69) is 36.7 Å². The van der Waals surface area contributed by atoms with Crippen molar-refractivity contribution in [2.45, 2.75) is 135 Å². The van der Waals surface area contributed by atoms with Crippen LogP contribution in [0.15, 0.2) is 60.7 Å². The number of benzene rings is 2. The molecule has 2 aromatic carbocycles. The first-order chi connectivity index (χ1) is 23.7. The van der Waals surface area contributed by atoms with Crippen molar-refractivity contribution in [3.63, 3.8) is 0 Å². The van der Waals surface area contributed by atoms with E-state index in [1.165, 1.54) is 6.42 Å². The summed E-state index contributed by atoms with van der Waals surface area (Å²) < 4.78 is 19.1. The van der Waals surface area contributed by atoms with E-state index < -0.39 is 36.8 Å². The van der Waals surface area contributed by atoms with Crippen molar-refractivity contribution in [3.8, 4) is 0 Å². The number of carbonyl (C=O) groups excluding carboxylic acids is 3. The van der Waals surface area contributed by atoms with E-state index in [9.17, 15) is 14.4 Å². The second kappa shape index (κ2) is 14.7. The van der Waals surface area contributed by atoms with Gasteiger partial charge < -0.3 is 30.0 Å². The molecule has 2 aromatic rings. The first kappa shape index (κ1) is 36.4. The van der Waals surface area contributed by atoms with Crippen LogP contribution in [0.25, 0.3) is 0 Å². The van der Waals surface area contributed by atoms with E-state index in [-0.39, 0.29) is 35.4 Å². The second-order valence-corrected chi connectivity index (χ2v) is 17.0. The minimum atomic E-state index is -0.915. The predicted molar refractivity (Wildman–Crippen MR) is 194 cm³/mol. The van der Waals surface area contributed by atoms with Crippen molar-refractivity contribution in [1.82, 2.24) is 16.0 Å². The van der Waals surface area contributed by atoms with Gasteiger partial charge in [-0.3, -0.25) is 9.59 Å². The van der Waals surface area contributed by atoms with Gasteiger partial charge in [0.1, 0.15) is 17.7 Å². The predicted octanol–water partition coefficient (Wildman–Crippen LogP) is 6.18. The summed E-state index contributed by atoms with van der Waals surface area (Å²) in [6, 6.07) is 17.7. The molecule has 1 heterocycles. The van der Waals surface area contributed by atoms with Gasteiger partial charge in [0.25, 0.3) is 0 Å². The van der Waals surface area contributed by atoms with E-state index in [1.54, 1.807) is 20.8 Å². The number of alkyl carbamates (subject to hydrolysis) is 1. The van der Waals surface area contributed by atoms with Crippen molar-refractivity contribution in [3.05, 3.63) is 71.8 Å². The molecule has 1 saturated heterocycles. The van der Waals surface area contributed by atoms with Gasteiger partial charge >= 0.3 is 13.2 Å². The molecule has 5 aliphatic rings. The molecule has 9 nitrogen and oxygen atoms in total. The Hall–Kier alpha value is -3.37. The fourth-order valence-corrected chi connectivity index (χ4v) is 8.69. The Morgan fingerprint density at radius 3 is 2.12 bits per heavy atom. The molecule has 10 heteroatoms. The van der Waals surface area contributed by atoms with Crippen LogP contribution >= 0.6 is 0 Å². The van der Waals surface area contributed by atoms with E-state index in [0.717, 1.165) is 43.2 Å². The van der Waals surface area contributed by atoms with Gasteiger partial charge in [0.2, 0.25) is 11.8 Å². The number of hydrogen-bond donors (Lipinski definition) is 3. The smallest absolute Gasteiger partial charge is 0.444 e. The monoisotopic (exact) mass is 685 g/mol. The van der Waals surface area contributed by atoms with Crippen LogP contribution in [0.3, 0.4) is 0 Å². The zero-order valence-corrected chi connectivity index (χ0v) is 30.7. The topological polar surface area (TPSA) is 115 Å². The fourth-order valence-electron chi connectivity index (χ4n) is 8.69. The molecule has 1 aliphatic heterocycles. The molecular formula is C40H56BN3O6.